The summed E-state index contributed by atoms with van der Waals surface area (Å²) in [5, 5.41) is 18.2. The number of carbonyl (C=O) groups is 1. The maximum absolute atomic E-state index is 12.3. The van der Waals surface area contributed by atoms with Crippen molar-refractivity contribution in [1.82, 2.24) is 10.2 Å². The van der Waals surface area contributed by atoms with Crippen LogP contribution in [-0.4, -0.2) is 27.9 Å². The summed E-state index contributed by atoms with van der Waals surface area (Å²) in [5.41, 5.74) is 2.51. The molecule has 3 aromatic rings. The second-order valence-electron chi connectivity index (χ2n) is 5.40. The average molecular weight is 357 g/mol. The van der Waals surface area contributed by atoms with Crippen molar-refractivity contribution in [2.24, 2.45) is 0 Å². The molecule has 0 saturated heterocycles. The number of hydrogen-bond donors (Lipinski definition) is 2. The molecular formula is C19H17ClN2O3. The van der Waals surface area contributed by atoms with E-state index in [0.29, 0.717) is 21.8 Å². The van der Waals surface area contributed by atoms with Gasteiger partial charge in [0, 0.05) is 10.6 Å². The number of esters is 1. The zero-order chi connectivity index (χ0) is 17.8. The Balaban J connectivity index is 2.10. The molecule has 0 spiro atoms. The molecule has 2 aromatic carbocycles. The molecule has 6 heteroatoms. The highest BCUT2D eigenvalue weighted by Crippen LogP contribution is 2.33. The SMILES string of the molecule is CCOC(=O)c1n[nH]c(C(O)c2ccc(Cl)cc2)c1-c1ccccc1. The van der Waals surface area contributed by atoms with Crippen LogP contribution in [0.15, 0.2) is 54.6 Å². The van der Waals surface area contributed by atoms with Gasteiger partial charge < -0.3 is 9.84 Å². The minimum Gasteiger partial charge on any atom is -0.461 e. The van der Waals surface area contributed by atoms with Crippen LogP contribution < -0.4 is 0 Å². The van der Waals surface area contributed by atoms with Gasteiger partial charge in [0.25, 0.3) is 0 Å². The molecule has 0 amide bonds. The van der Waals surface area contributed by atoms with Gasteiger partial charge in [0.15, 0.2) is 5.69 Å². The number of rotatable bonds is 5. The molecule has 1 heterocycles. The van der Waals surface area contributed by atoms with E-state index in [1.165, 1.54) is 0 Å². The van der Waals surface area contributed by atoms with E-state index in [-0.39, 0.29) is 12.3 Å². The lowest BCUT2D eigenvalue weighted by atomic mass is 9.97. The normalized spacial score (nSPS) is 12.0. The minimum atomic E-state index is -0.983. The van der Waals surface area contributed by atoms with Crippen molar-refractivity contribution in [1.29, 1.82) is 0 Å². The molecule has 3 rings (SSSR count). The molecule has 1 unspecified atom stereocenters. The van der Waals surface area contributed by atoms with Crippen LogP contribution >= 0.6 is 11.6 Å². The molecule has 0 fully saturated rings. The number of nitrogens with zero attached hydrogens (tertiary/aromatic N) is 1. The maximum Gasteiger partial charge on any atom is 0.359 e. The van der Waals surface area contributed by atoms with E-state index in [1.54, 1.807) is 31.2 Å². The molecule has 0 aliphatic heterocycles. The van der Waals surface area contributed by atoms with Crippen LogP contribution in [0.25, 0.3) is 11.1 Å². The Bertz CT molecular complexity index is 860. The van der Waals surface area contributed by atoms with Crippen molar-refractivity contribution in [3.8, 4) is 11.1 Å². The number of H-pyrrole nitrogens is 1. The number of halogens is 1. The van der Waals surface area contributed by atoms with Crippen molar-refractivity contribution in [2.75, 3.05) is 6.61 Å². The quantitative estimate of drug-likeness (QED) is 0.678. The van der Waals surface area contributed by atoms with Gasteiger partial charge in [0.05, 0.1) is 12.3 Å². The topological polar surface area (TPSA) is 75.2 Å². The first kappa shape index (κ1) is 17.2. The summed E-state index contributed by atoms with van der Waals surface area (Å²) in [6.07, 6.45) is -0.983. The van der Waals surface area contributed by atoms with Gasteiger partial charge in [-0.25, -0.2) is 4.79 Å². The van der Waals surface area contributed by atoms with Crippen LogP contribution in [-0.2, 0) is 4.74 Å². The summed E-state index contributed by atoms with van der Waals surface area (Å²) in [4.78, 5) is 12.3. The standard InChI is InChI=1S/C19H17ClN2O3/c1-2-25-19(24)17-15(12-6-4-3-5-7-12)16(21-22-17)18(23)13-8-10-14(20)11-9-13/h3-11,18,23H,2H2,1H3,(H,21,22). The Labute approximate surface area is 150 Å². The van der Waals surface area contributed by atoms with E-state index in [2.05, 4.69) is 10.2 Å². The Morgan fingerprint density at radius 2 is 1.88 bits per heavy atom. The zero-order valence-electron chi connectivity index (χ0n) is 13.6. The van der Waals surface area contributed by atoms with Crippen LogP contribution in [0.4, 0.5) is 0 Å². The maximum atomic E-state index is 12.3. The van der Waals surface area contributed by atoms with Gasteiger partial charge in [-0.05, 0) is 30.2 Å². The monoisotopic (exact) mass is 356 g/mol. The third-order valence-corrected chi connectivity index (χ3v) is 4.04. The number of aromatic amines is 1. The fourth-order valence-electron chi connectivity index (χ4n) is 2.61. The first-order valence-corrected chi connectivity index (χ1v) is 8.24. The largest absolute Gasteiger partial charge is 0.461 e. The molecule has 128 valence electrons. The van der Waals surface area contributed by atoms with E-state index < -0.39 is 12.1 Å². The predicted molar refractivity (Wildman–Crippen MR) is 95.5 cm³/mol. The highest BCUT2D eigenvalue weighted by Gasteiger charge is 2.26. The molecule has 0 saturated carbocycles. The number of aliphatic hydroxyl groups excluding tert-OH is 1. The molecule has 25 heavy (non-hydrogen) atoms. The lowest BCUT2D eigenvalue weighted by molar-refractivity contribution is 0.0520. The Hall–Kier alpha value is -2.63. The van der Waals surface area contributed by atoms with E-state index in [4.69, 9.17) is 16.3 Å². The smallest absolute Gasteiger partial charge is 0.359 e. The zero-order valence-corrected chi connectivity index (χ0v) is 14.3. The van der Waals surface area contributed by atoms with Gasteiger partial charge in [-0.1, -0.05) is 54.1 Å². The van der Waals surface area contributed by atoms with Gasteiger partial charge >= 0.3 is 5.97 Å². The van der Waals surface area contributed by atoms with Crippen LogP contribution in [0, 0.1) is 0 Å². The summed E-state index contributed by atoms with van der Waals surface area (Å²) < 4.78 is 5.08. The first-order chi connectivity index (χ1) is 12.1. The van der Waals surface area contributed by atoms with E-state index >= 15 is 0 Å². The summed E-state index contributed by atoms with van der Waals surface area (Å²) in [6, 6.07) is 16.2. The van der Waals surface area contributed by atoms with E-state index in [0.717, 1.165) is 5.56 Å². The molecule has 0 aliphatic rings. The van der Waals surface area contributed by atoms with Gasteiger partial charge in [-0.15, -0.1) is 0 Å². The summed E-state index contributed by atoms with van der Waals surface area (Å²) in [6.45, 7) is 1.98. The molecular weight excluding hydrogens is 340 g/mol. The Kier molecular flexibility index (Phi) is 5.16. The second-order valence-corrected chi connectivity index (χ2v) is 5.84. The molecule has 0 aliphatic carbocycles. The van der Waals surface area contributed by atoms with Crippen molar-refractivity contribution in [2.45, 2.75) is 13.0 Å². The molecule has 2 N–H and O–H groups in total. The van der Waals surface area contributed by atoms with Crippen molar-refractivity contribution in [3.63, 3.8) is 0 Å². The van der Waals surface area contributed by atoms with Crippen LogP contribution in [0.5, 0.6) is 0 Å². The van der Waals surface area contributed by atoms with Crippen LogP contribution in [0.1, 0.15) is 34.8 Å². The number of benzene rings is 2. The predicted octanol–water partition coefficient (Wildman–Crippen LogP) is 3.99. The number of nitrogens with one attached hydrogen (secondary N) is 1. The Morgan fingerprint density at radius 1 is 1.20 bits per heavy atom. The fourth-order valence-corrected chi connectivity index (χ4v) is 2.74. The lowest BCUT2D eigenvalue weighted by Crippen LogP contribution is -2.07. The van der Waals surface area contributed by atoms with Crippen molar-refractivity contribution < 1.29 is 14.6 Å². The van der Waals surface area contributed by atoms with E-state index in [9.17, 15) is 9.90 Å². The number of aliphatic hydroxyl groups is 1. The minimum absolute atomic E-state index is 0.149. The van der Waals surface area contributed by atoms with Gasteiger partial charge in [-0.3, -0.25) is 5.10 Å². The number of hydrogen-bond acceptors (Lipinski definition) is 4. The van der Waals surface area contributed by atoms with Crippen molar-refractivity contribution >= 4 is 17.6 Å². The van der Waals surface area contributed by atoms with Crippen molar-refractivity contribution in [3.05, 3.63) is 76.6 Å². The third kappa shape index (κ3) is 3.57. The van der Waals surface area contributed by atoms with Gasteiger partial charge in [-0.2, -0.15) is 5.10 Å². The van der Waals surface area contributed by atoms with Gasteiger partial charge in [0.1, 0.15) is 6.10 Å². The van der Waals surface area contributed by atoms with Gasteiger partial charge in [0.2, 0.25) is 0 Å². The second kappa shape index (κ2) is 7.51. The average Bonchev–Trinajstić information content (AvgIpc) is 3.08. The molecule has 1 aromatic heterocycles. The number of ether oxygens (including phenoxy) is 1. The Morgan fingerprint density at radius 3 is 2.52 bits per heavy atom. The highest BCUT2D eigenvalue weighted by atomic mass is 35.5. The molecule has 5 nitrogen and oxygen atoms in total. The van der Waals surface area contributed by atoms with Crippen LogP contribution in [0.3, 0.4) is 0 Å². The van der Waals surface area contributed by atoms with Crippen LogP contribution in [0.2, 0.25) is 5.02 Å². The summed E-state index contributed by atoms with van der Waals surface area (Å²) >= 11 is 5.91. The summed E-state index contributed by atoms with van der Waals surface area (Å²) in [7, 11) is 0. The molecule has 1 atom stereocenters. The third-order valence-electron chi connectivity index (χ3n) is 3.78. The van der Waals surface area contributed by atoms with E-state index in [1.807, 2.05) is 30.3 Å². The summed E-state index contributed by atoms with van der Waals surface area (Å²) in [5.74, 6) is -0.535. The highest BCUT2D eigenvalue weighted by molar-refractivity contribution is 6.30. The number of aromatic nitrogens is 2. The molecule has 0 bridgehead atoms. The number of carbonyl (C=O) groups excluding carboxylic acids is 1. The fraction of sp³-hybridized carbons (Fsp3) is 0.158. The lowest BCUT2D eigenvalue weighted by Gasteiger charge is -2.12. The first-order valence-electron chi connectivity index (χ1n) is 7.86. The molecule has 0 radical (unpaired) electrons.